The number of carbonyl (C=O) groups is 1. The molecule has 1 rings (SSSR count). The van der Waals surface area contributed by atoms with Crippen LogP contribution in [0.15, 0.2) is 0 Å². The van der Waals surface area contributed by atoms with Gasteiger partial charge in [-0.05, 0) is 31.6 Å². The van der Waals surface area contributed by atoms with Crippen molar-refractivity contribution < 1.29 is 14.3 Å². The molecular weight excluding hydrogens is 240 g/mol. The van der Waals surface area contributed by atoms with Gasteiger partial charge in [0.1, 0.15) is 0 Å². The normalized spacial score (nSPS) is 26.9. The fourth-order valence-electron chi connectivity index (χ4n) is 3.08. The molecule has 0 heterocycles. The van der Waals surface area contributed by atoms with E-state index in [-0.39, 0.29) is 17.5 Å². The van der Waals surface area contributed by atoms with E-state index in [1.54, 1.807) is 7.11 Å². The van der Waals surface area contributed by atoms with Gasteiger partial charge in [0.25, 0.3) is 0 Å². The molecule has 2 atom stereocenters. The zero-order valence-electron chi connectivity index (χ0n) is 13.0. The monoisotopic (exact) mass is 270 g/mol. The van der Waals surface area contributed by atoms with E-state index < -0.39 is 0 Å². The Labute approximate surface area is 118 Å². The molecule has 0 radical (unpaired) electrons. The number of ether oxygens (including phenoxy) is 2. The van der Waals surface area contributed by atoms with Crippen LogP contribution < -0.4 is 0 Å². The van der Waals surface area contributed by atoms with Gasteiger partial charge in [0, 0.05) is 7.11 Å². The highest BCUT2D eigenvalue weighted by molar-refractivity contribution is 5.78. The van der Waals surface area contributed by atoms with Crippen LogP contribution in [0.4, 0.5) is 0 Å². The first-order valence-corrected chi connectivity index (χ1v) is 7.76. The van der Waals surface area contributed by atoms with E-state index in [1.165, 1.54) is 12.8 Å². The summed E-state index contributed by atoms with van der Waals surface area (Å²) in [6.07, 6.45) is 7.38. The van der Waals surface area contributed by atoms with Gasteiger partial charge >= 0.3 is 5.97 Å². The van der Waals surface area contributed by atoms with E-state index in [4.69, 9.17) is 9.47 Å². The van der Waals surface area contributed by atoms with Gasteiger partial charge in [0.2, 0.25) is 0 Å². The maximum atomic E-state index is 12.5. The van der Waals surface area contributed by atoms with Crippen LogP contribution in [0.2, 0.25) is 0 Å². The van der Waals surface area contributed by atoms with Gasteiger partial charge in [-0.25, -0.2) is 0 Å². The van der Waals surface area contributed by atoms with E-state index in [0.717, 1.165) is 32.1 Å². The lowest BCUT2D eigenvalue weighted by Gasteiger charge is -2.32. The first-order chi connectivity index (χ1) is 9.06. The molecule has 0 bridgehead atoms. The van der Waals surface area contributed by atoms with Crippen molar-refractivity contribution in [2.75, 3.05) is 13.7 Å². The number of hydrogen-bond donors (Lipinski definition) is 0. The fourth-order valence-corrected chi connectivity index (χ4v) is 3.08. The highest BCUT2D eigenvalue weighted by Gasteiger charge is 2.50. The second kappa shape index (κ2) is 7.88. The van der Waals surface area contributed by atoms with Crippen LogP contribution in [0.25, 0.3) is 0 Å². The van der Waals surface area contributed by atoms with Crippen molar-refractivity contribution in [2.45, 2.75) is 71.8 Å². The van der Waals surface area contributed by atoms with Crippen LogP contribution in [-0.4, -0.2) is 25.8 Å². The summed E-state index contributed by atoms with van der Waals surface area (Å²) in [5.41, 5.74) is -0.376. The van der Waals surface area contributed by atoms with Crippen LogP contribution >= 0.6 is 0 Å². The van der Waals surface area contributed by atoms with Crippen LogP contribution in [0.3, 0.4) is 0 Å². The predicted molar refractivity (Wildman–Crippen MR) is 77.0 cm³/mol. The zero-order valence-corrected chi connectivity index (χ0v) is 13.0. The molecule has 0 aromatic rings. The molecule has 1 aliphatic rings. The molecule has 0 aromatic carbocycles. The van der Waals surface area contributed by atoms with Crippen molar-refractivity contribution in [1.82, 2.24) is 0 Å². The molecule has 3 nitrogen and oxygen atoms in total. The average Bonchev–Trinajstić information content (AvgIpc) is 2.80. The van der Waals surface area contributed by atoms with Gasteiger partial charge in [-0.3, -0.25) is 4.79 Å². The highest BCUT2D eigenvalue weighted by atomic mass is 16.5. The predicted octanol–water partition coefficient (Wildman–Crippen LogP) is 3.95. The maximum Gasteiger partial charge on any atom is 0.314 e. The SMILES string of the molecule is CCCCCC1(C(=O)OCC(C)C)CCCC1OC. The molecule has 1 aliphatic carbocycles. The number of rotatable bonds is 8. The van der Waals surface area contributed by atoms with Crippen molar-refractivity contribution in [2.24, 2.45) is 11.3 Å². The molecule has 0 amide bonds. The van der Waals surface area contributed by atoms with Gasteiger partial charge < -0.3 is 9.47 Å². The molecule has 0 aromatic heterocycles. The van der Waals surface area contributed by atoms with Gasteiger partial charge in [0.15, 0.2) is 0 Å². The molecule has 1 fully saturated rings. The van der Waals surface area contributed by atoms with Gasteiger partial charge in [-0.1, -0.05) is 40.0 Å². The minimum atomic E-state index is -0.376. The van der Waals surface area contributed by atoms with Crippen LogP contribution in [0, 0.1) is 11.3 Å². The Morgan fingerprint density at radius 1 is 1.37 bits per heavy atom. The Morgan fingerprint density at radius 3 is 2.68 bits per heavy atom. The molecule has 3 heteroatoms. The van der Waals surface area contributed by atoms with Crippen LogP contribution in [-0.2, 0) is 14.3 Å². The largest absolute Gasteiger partial charge is 0.465 e. The quantitative estimate of drug-likeness (QED) is 0.495. The van der Waals surface area contributed by atoms with Crippen molar-refractivity contribution in [3.63, 3.8) is 0 Å². The van der Waals surface area contributed by atoms with E-state index in [1.807, 2.05) is 0 Å². The van der Waals surface area contributed by atoms with Crippen LogP contribution in [0.1, 0.15) is 65.7 Å². The third kappa shape index (κ3) is 4.20. The maximum absolute atomic E-state index is 12.5. The van der Waals surface area contributed by atoms with E-state index >= 15 is 0 Å². The van der Waals surface area contributed by atoms with E-state index in [9.17, 15) is 4.79 Å². The van der Waals surface area contributed by atoms with Gasteiger partial charge in [0.05, 0.1) is 18.1 Å². The third-order valence-electron chi connectivity index (χ3n) is 4.17. The first kappa shape index (κ1) is 16.5. The Balaban J connectivity index is 2.70. The van der Waals surface area contributed by atoms with Crippen molar-refractivity contribution in [3.05, 3.63) is 0 Å². The standard InChI is InChI=1S/C16H30O3/c1-5-6-7-10-16(11-8-9-14(16)18-4)15(17)19-12-13(2)3/h13-14H,5-12H2,1-4H3. The van der Waals surface area contributed by atoms with Crippen LogP contribution in [0.5, 0.6) is 0 Å². The molecule has 112 valence electrons. The number of carbonyl (C=O) groups excluding carboxylic acids is 1. The van der Waals surface area contributed by atoms with E-state index in [2.05, 4.69) is 20.8 Å². The van der Waals surface area contributed by atoms with Gasteiger partial charge in [-0.2, -0.15) is 0 Å². The molecule has 1 saturated carbocycles. The summed E-state index contributed by atoms with van der Waals surface area (Å²) in [5.74, 6) is 0.362. The lowest BCUT2D eigenvalue weighted by molar-refractivity contribution is -0.165. The Morgan fingerprint density at radius 2 is 2.11 bits per heavy atom. The summed E-state index contributed by atoms with van der Waals surface area (Å²) >= 11 is 0. The zero-order chi connectivity index (χ0) is 14.3. The summed E-state index contributed by atoms with van der Waals surface area (Å²) in [4.78, 5) is 12.5. The lowest BCUT2D eigenvalue weighted by Crippen LogP contribution is -2.41. The topological polar surface area (TPSA) is 35.5 Å². The molecule has 0 saturated heterocycles. The summed E-state index contributed by atoms with van der Waals surface area (Å²) < 4.78 is 11.1. The molecule has 0 spiro atoms. The van der Waals surface area contributed by atoms with Crippen molar-refractivity contribution in [3.8, 4) is 0 Å². The average molecular weight is 270 g/mol. The number of unbranched alkanes of at least 4 members (excludes halogenated alkanes) is 2. The number of esters is 1. The minimum absolute atomic E-state index is 0.0262. The van der Waals surface area contributed by atoms with E-state index in [0.29, 0.717) is 12.5 Å². The van der Waals surface area contributed by atoms with Crippen molar-refractivity contribution >= 4 is 5.97 Å². The molecule has 2 unspecified atom stereocenters. The second-order valence-corrected chi connectivity index (χ2v) is 6.22. The lowest BCUT2D eigenvalue weighted by atomic mass is 9.79. The second-order valence-electron chi connectivity index (χ2n) is 6.22. The first-order valence-electron chi connectivity index (χ1n) is 7.76. The minimum Gasteiger partial charge on any atom is -0.465 e. The summed E-state index contributed by atoms with van der Waals surface area (Å²) in [5, 5.41) is 0. The fraction of sp³-hybridized carbons (Fsp3) is 0.938. The number of hydrogen-bond acceptors (Lipinski definition) is 3. The third-order valence-corrected chi connectivity index (χ3v) is 4.17. The number of methoxy groups -OCH3 is 1. The summed E-state index contributed by atoms with van der Waals surface area (Å²) in [7, 11) is 1.72. The Hall–Kier alpha value is -0.570. The Kier molecular flexibility index (Phi) is 6.84. The Bertz CT molecular complexity index is 275. The molecular formula is C16H30O3. The summed E-state index contributed by atoms with van der Waals surface area (Å²) in [6, 6.07) is 0. The molecule has 0 N–H and O–H groups in total. The van der Waals surface area contributed by atoms with Gasteiger partial charge in [-0.15, -0.1) is 0 Å². The molecule has 0 aliphatic heterocycles. The smallest absolute Gasteiger partial charge is 0.314 e. The summed E-state index contributed by atoms with van der Waals surface area (Å²) in [6.45, 7) is 6.84. The van der Waals surface area contributed by atoms with Crippen molar-refractivity contribution in [1.29, 1.82) is 0 Å². The molecule has 19 heavy (non-hydrogen) atoms. The highest BCUT2D eigenvalue weighted by Crippen LogP contribution is 2.45.